The van der Waals surface area contributed by atoms with E-state index < -0.39 is 0 Å². The fourth-order valence-electron chi connectivity index (χ4n) is 2.46. The maximum Gasteiger partial charge on any atom is 0.254 e. The number of benzene rings is 1. The summed E-state index contributed by atoms with van der Waals surface area (Å²) in [6.07, 6.45) is 0. The van der Waals surface area contributed by atoms with Gasteiger partial charge < -0.3 is 15.4 Å². The summed E-state index contributed by atoms with van der Waals surface area (Å²) in [6.45, 7) is 8.13. The van der Waals surface area contributed by atoms with E-state index in [0.717, 1.165) is 11.1 Å². The second-order valence-electron chi connectivity index (χ2n) is 5.87. The van der Waals surface area contributed by atoms with Gasteiger partial charge in [0.25, 0.3) is 5.91 Å². The number of hydrogen-bond donors (Lipinski definition) is 1. The van der Waals surface area contributed by atoms with E-state index in [1.165, 1.54) is 0 Å². The number of aryl methyl sites for hydroxylation is 1. The molecule has 0 aromatic heterocycles. The third-order valence-corrected chi connectivity index (χ3v) is 3.51. The summed E-state index contributed by atoms with van der Waals surface area (Å²) in [6, 6.07) is 5.61. The second kappa shape index (κ2) is 6.30. The van der Waals surface area contributed by atoms with E-state index in [1.807, 2.05) is 43.9 Å². The predicted octanol–water partition coefficient (Wildman–Crippen LogP) is 1.56. The van der Waals surface area contributed by atoms with Crippen molar-refractivity contribution in [3.05, 3.63) is 34.9 Å². The molecule has 1 fully saturated rings. The fraction of sp³-hybridized carbons (Fsp3) is 0.471. The van der Waals surface area contributed by atoms with Crippen LogP contribution < -0.4 is 5.73 Å². The van der Waals surface area contributed by atoms with Crippen LogP contribution in [-0.2, 0) is 4.74 Å². The van der Waals surface area contributed by atoms with Crippen LogP contribution in [0.3, 0.4) is 0 Å². The van der Waals surface area contributed by atoms with Crippen molar-refractivity contribution in [2.45, 2.75) is 26.4 Å². The average Bonchev–Trinajstić information content (AvgIpc) is 2.44. The van der Waals surface area contributed by atoms with Crippen LogP contribution in [-0.4, -0.2) is 42.6 Å². The highest BCUT2D eigenvalue weighted by atomic mass is 16.5. The minimum Gasteiger partial charge on any atom is -0.372 e. The molecule has 1 aromatic rings. The van der Waals surface area contributed by atoms with Gasteiger partial charge >= 0.3 is 0 Å². The van der Waals surface area contributed by atoms with Crippen molar-refractivity contribution in [1.29, 1.82) is 0 Å². The lowest BCUT2D eigenvalue weighted by Crippen LogP contribution is -2.50. The van der Waals surface area contributed by atoms with Crippen LogP contribution >= 0.6 is 0 Å². The molecule has 0 radical (unpaired) electrons. The number of hydrogen-bond acceptors (Lipinski definition) is 3. The number of nitrogens with two attached hydrogens (primary N) is 1. The largest absolute Gasteiger partial charge is 0.372 e. The van der Waals surface area contributed by atoms with E-state index in [0.29, 0.717) is 31.8 Å². The zero-order chi connectivity index (χ0) is 15.5. The fourth-order valence-corrected chi connectivity index (χ4v) is 2.46. The molecule has 1 aliphatic heterocycles. The van der Waals surface area contributed by atoms with Gasteiger partial charge in [-0.3, -0.25) is 4.79 Å². The van der Waals surface area contributed by atoms with Crippen LogP contribution in [0.2, 0.25) is 0 Å². The molecule has 0 spiro atoms. The van der Waals surface area contributed by atoms with Gasteiger partial charge in [0.05, 0.1) is 18.8 Å². The smallest absolute Gasteiger partial charge is 0.254 e. The van der Waals surface area contributed by atoms with Crippen molar-refractivity contribution in [2.24, 2.45) is 5.73 Å². The molecule has 0 bridgehead atoms. The van der Waals surface area contributed by atoms with Crippen molar-refractivity contribution >= 4 is 5.91 Å². The first-order chi connectivity index (χ1) is 9.93. The van der Waals surface area contributed by atoms with Gasteiger partial charge in [-0.05, 0) is 44.5 Å². The lowest BCUT2D eigenvalue weighted by molar-refractivity contribution is -0.0764. The Hall–Kier alpha value is -1.83. The molecule has 4 nitrogen and oxygen atoms in total. The Morgan fingerprint density at radius 1 is 1.48 bits per heavy atom. The number of amides is 1. The monoisotopic (exact) mass is 286 g/mol. The summed E-state index contributed by atoms with van der Waals surface area (Å²) in [5.74, 6) is 5.89. The Bertz CT molecular complexity index is 597. The predicted molar refractivity (Wildman–Crippen MR) is 83.0 cm³/mol. The SMILES string of the molecule is Cc1cc(C(=O)N2CCOC(C)(C)C2)ccc1C#CCN. The summed E-state index contributed by atoms with van der Waals surface area (Å²) in [4.78, 5) is 14.4. The minimum absolute atomic E-state index is 0.0489. The van der Waals surface area contributed by atoms with E-state index in [4.69, 9.17) is 10.5 Å². The number of rotatable bonds is 1. The molecular weight excluding hydrogens is 264 g/mol. The maximum absolute atomic E-state index is 12.6. The maximum atomic E-state index is 12.6. The van der Waals surface area contributed by atoms with E-state index in [9.17, 15) is 4.79 Å². The standard InChI is InChI=1S/C17H22N2O2/c1-13-11-15(7-6-14(13)5-4-8-18)16(20)19-9-10-21-17(2,3)12-19/h6-7,11H,8-10,12,18H2,1-3H3. The molecule has 1 saturated heterocycles. The first-order valence-electron chi connectivity index (χ1n) is 7.16. The van der Waals surface area contributed by atoms with E-state index in [-0.39, 0.29) is 11.5 Å². The van der Waals surface area contributed by atoms with Gasteiger partial charge in [0, 0.05) is 24.2 Å². The lowest BCUT2D eigenvalue weighted by atomic mass is 10.0. The van der Waals surface area contributed by atoms with Crippen molar-refractivity contribution in [3.63, 3.8) is 0 Å². The second-order valence-corrected chi connectivity index (χ2v) is 5.87. The zero-order valence-corrected chi connectivity index (χ0v) is 12.9. The number of carbonyl (C=O) groups excluding carboxylic acids is 1. The molecule has 0 unspecified atom stereocenters. The van der Waals surface area contributed by atoms with Gasteiger partial charge in [-0.2, -0.15) is 0 Å². The van der Waals surface area contributed by atoms with Crippen LogP contribution in [0.25, 0.3) is 0 Å². The molecule has 4 heteroatoms. The van der Waals surface area contributed by atoms with Gasteiger partial charge in [-0.15, -0.1) is 0 Å². The highest BCUT2D eigenvalue weighted by molar-refractivity contribution is 5.94. The Labute approximate surface area is 126 Å². The Kier molecular flexibility index (Phi) is 4.66. The van der Waals surface area contributed by atoms with Gasteiger partial charge in [-0.25, -0.2) is 0 Å². The van der Waals surface area contributed by atoms with Gasteiger partial charge in [0.15, 0.2) is 0 Å². The topological polar surface area (TPSA) is 55.6 Å². The third-order valence-electron chi connectivity index (χ3n) is 3.51. The summed E-state index contributed by atoms with van der Waals surface area (Å²) >= 11 is 0. The molecule has 1 aliphatic rings. The highest BCUT2D eigenvalue weighted by Gasteiger charge is 2.30. The Morgan fingerprint density at radius 2 is 2.24 bits per heavy atom. The van der Waals surface area contributed by atoms with Crippen LogP contribution in [0.5, 0.6) is 0 Å². The molecule has 1 aromatic carbocycles. The molecule has 2 rings (SSSR count). The van der Waals surface area contributed by atoms with E-state index >= 15 is 0 Å². The van der Waals surface area contributed by atoms with Crippen molar-refractivity contribution in [2.75, 3.05) is 26.2 Å². The van der Waals surface area contributed by atoms with Crippen molar-refractivity contribution < 1.29 is 9.53 Å². The summed E-state index contributed by atoms with van der Waals surface area (Å²) in [5.41, 5.74) is 7.71. The molecular formula is C17H22N2O2. The zero-order valence-electron chi connectivity index (χ0n) is 12.9. The molecule has 112 valence electrons. The molecule has 1 amide bonds. The number of morpholine rings is 1. The Morgan fingerprint density at radius 3 is 2.86 bits per heavy atom. The normalized spacial score (nSPS) is 17.0. The molecule has 21 heavy (non-hydrogen) atoms. The number of nitrogens with zero attached hydrogens (tertiary/aromatic N) is 1. The average molecular weight is 286 g/mol. The number of carbonyl (C=O) groups is 1. The molecule has 0 atom stereocenters. The summed E-state index contributed by atoms with van der Waals surface area (Å²) < 4.78 is 5.64. The quantitative estimate of drug-likeness (QED) is 0.797. The first-order valence-corrected chi connectivity index (χ1v) is 7.16. The molecule has 0 aliphatic carbocycles. The van der Waals surface area contributed by atoms with E-state index in [2.05, 4.69) is 11.8 Å². The van der Waals surface area contributed by atoms with Crippen LogP contribution in [0.4, 0.5) is 0 Å². The third kappa shape index (κ3) is 3.84. The van der Waals surface area contributed by atoms with Crippen LogP contribution in [0.1, 0.15) is 35.3 Å². The summed E-state index contributed by atoms with van der Waals surface area (Å²) in [5, 5.41) is 0. The number of ether oxygens (including phenoxy) is 1. The first kappa shape index (κ1) is 15.6. The Balaban J connectivity index is 2.18. The van der Waals surface area contributed by atoms with Crippen molar-refractivity contribution in [1.82, 2.24) is 4.90 Å². The molecule has 1 heterocycles. The minimum atomic E-state index is -0.282. The summed E-state index contributed by atoms with van der Waals surface area (Å²) in [7, 11) is 0. The van der Waals surface area contributed by atoms with E-state index in [1.54, 1.807) is 0 Å². The highest BCUT2D eigenvalue weighted by Crippen LogP contribution is 2.19. The molecule has 0 saturated carbocycles. The van der Waals surface area contributed by atoms with Gasteiger partial charge in [-0.1, -0.05) is 11.8 Å². The van der Waals surface area contributed by atoms with Gasteiger partial charge in [0.2, 0.25) is 0 Å². The van der Waals surface area contributed by atoms with Gasteiger partial charge in [0.1, 0.15) is 0 Å². The van der Waals surface area contributed by atoms with Crippen LogP contribution in [0, 0.1) is 18.8 Å². The van der Waals surface area contributed by atoms with Crippen molar-refractivity contribution in [3.8, 4) is 11.8 Å². The van der Waals surface area contributed by atoms with Crippen LogP contribution in [0.15, 0.2) is 18.2 Å². The molecule has 2 N–H and O–H groups in total. The lowest BCUT2D eigenvalue weighted by Gasteiger charge is -2.38.